The van der Waals surface area contributed by atoms with Crippen LogP contribution in [-0.2, 0) is 4.79 Å². The lowest BCUT2D eigenvalue weighted by molar-refractivity contribution is -0.118. The quantitative estimate of drug-likeness (QED) is 0.929. The molecule has 1 aromatic carbocycles. The van der Waals surface area contributed by atoms with Crippen molar-refractivity contribution in [1.29, 1.82) is 0 Å². The fraction of sp³-hybridized carbons (Fsp3) is 0.471. The number of hydrogen-bond acceptors (Lipinski definition) is 3. The molecular weight excluding hydrogens is 266 g/mol. The van der Waals surface area contributed by atoms with Gasteiger partial charge < -0.3 is 14.8 Å². The van der Waals surface area contributed by atoms with E-state index in [1.807, 2.05) is 25.1 Å². The van der Waals surface area contributed by atoms with Crippen LogP contribution in [0, 0.1) is 0 Å². The molecule has 0 fully saturated rings. The molecule has 1 aliphatic heterocycles. The summed E-state index contributed by atoms with van der Waals surface area (Å²) in [6.07, 6.45) is 6.27. The summed E-state index contributed by atoms with van der Waals surface area (Å²) in [7, 11) is 0. The van der Waals surface area contributed by atoms with Crippen LogP contribution in [0.4, 0.5) is 0 Å². The summed E-state index contributed by atoms with van der Waals surface area (Å²) >= 11 is 0. The molecule has 21 heavy (non-hydrogen) atoms. The van der Waals surface area contributed by atoms with Gasteiger partial charge in [-0.15, -0.1) is 0 Å². The van der Waals surface area contributed by atoms with Crippen LogP contribution in [0.15, 0.2) is 29.8 Å². The molecule has 2 aliphatic rings. The van der Waals surface area contributed by atoms with E-state index in [-0.39, 0.29) is 11.9 Å². The molecule has 1 N–H and O–H groups in total. The molecule has 1 aromatic rings. The molecule has 3 rings (SSSR count). The normalized spacial score (nSPS) is 18.6. The molecule has 4 nitrogen and oxygen atoms in total. The Bertz CT molecular complexity index is 565. The van der Waals surface area contributed by atoms with Crippen molar-refractivity contribution >= 4 is 5.91 Å². The number of ether oxygens (including phenoxy) is 2. The van der Waals surface area contributed by atoms with Crippen LogP contribution in [0.5, 0.6) is 11.5 Å². The molecule has 112 valence electrons. The van der Waals surface area contributed by atoms with Gasteiger partial charge in [-0.05, 0) is 50.3 Å². The predicted octanol–water partition coefficient (Wildman–Crippen LogP) is 3.14. The minimum atomic E-state index is -0.0452. The number of fused-ring (bicyclic) bond motifs is 1. The first-order valence-corrected chi connectivity index (χ1v) is 7.63. The Morgan fingerprint density at radius 2 is 2.00 bits per heavy atom. The van der Waals surface area contributed by atoms with Crippen molar-refractivity contribution in [2.24, 2.45) is 0 Å². The summed E-state index contributed by atoms with van der Waals surface area (Å²) in [5, 5.41) is 3.07. The molecule has 1 atom stereocenters. The summed E-state index contributed by atoms with van der Waals surface area (Å²) in [4.78, 5) is 12.2. The smallest absolute Gasteiger partial charge is 0.247 e. The maximum atomic E-state index is 12.2. The molecule has 0 saturated carbocycles. The monoisotopic (exact) mass is 287 g/mol. The summed E-state index contributed by atoms with van der Waals surface area (Å²) in [6.45, 7) is 3.16. The van der Waals surface area contributed by atoms with Crippen LogP contribution in [0.3, 0.4) is 0 Å². The molecule has 0 bridgehead atoms. The van der Waals surface area contributed by atoms with E-state index in [1.54, 1.807) is 0 Å². The number of allylic oxidation sites excluding steroid dienone is 1. The van der Waals surface area contributed by atoms with E-state index >= 15 is 0 Å². The van der Waals surface area contributed by atoms with Crippen LogP contribution in [-0.4, -0.2) is 19.1 Å². The predicted molar refractivity (Wildman–Crippen MR) is 80.5 cm³/mol. The van der Waals surface area contributed by atoms with Crippen molar-refractivity contribution in [1.82, 2.24) is 5.32 Å². The van der Waals surface area contributed by atoms with Gasteiger partial charge in [-0.3, -0.25) is 4.79 Å². The molecule has 1 aliphatic carbocycles. The van der Waals surface area contributed by atoms with Gasteiger partial charge in [0, 0.05) is 5.57 Å². The average molecular weight is 287 g/mol. The third-order valence-electron chi connectivity index (χ3n) is 4.00. The second-order valence-electron chi connectivity index (χ2n) is 5.57. The van der Waals surface area contributed by atoms with Crippen molar-refractivity contribution < 1.29 is 14.3 Å². The van der Waals surface area contributed by atoms with Crippen molar-refractivity contribution in [3.05, 3.63) is 35.4 Å². The van der Waals surface area contributed by atoms with Crippen LogP contribution >= 0.6 is 0 Å². The Kier molecular flexibility index (Phi) is 4.13. The summed E-state index contributed by atoms with van der Waals surface area (Å²) in [6, 6.07) is 5.80. The molecule has 4 heteroatoms. The molecule has 0 aromatic heterocycles. The lowest BCUT2D eigenvalue weighted by Gasteiger charge is -2.21. The van der Waals surface area contributed by atoms with E-state index in [0.717, 1.165) is 41.9 Å². The van der Waals surface area contributed by atoms with Gasteiger partial charge in [0.25, 0.3) is 0 Å². The summed E-state index contributed by atoms with van der Waals surface area (Å²) in [5.41, 5.74) is 1.95. The molecule has 0 saturated heterocycles. The number of benzene rings is 1. The van der Waals surface area contributed by atoms with Crippen LogP contribution in [0.2, 0.25) is 0 Å². The largest absolute Gasteiger partial charge is 0.486 e. The van der Waals surface area contributed by atoms with E-state index in [0.29, 0.717) is 13.2 Å². The zero-order valence-corrected chi connectivity index (χ0v) is 12.4. The summed E-state index contributed by atoms with van der Waals surface area (Å²) < 4.78 is 11.1. The maximum absolute atomic E-state index is 12.2. The summed E-state index contributed by atoms with van der Waals surface area (Å²) in [5.74, 6) is 1.59. The fourth-order valence-corrected chi connectivity index (χ4v) is 2.75. The van der Waals surface area contributed by atoms with Crippen molar-refractivity contribution in [2.75, 3.05) is 13.2 Å². The zero-order valence-electron chi connectivity index (χ0n) is 12.4. The number of amides is 1. The molecule has 1 amide bonds. The minimum absolute atomic E-state index is 0.0452. The molecule has 0 radical (unpaired) electrons. The van der Waals surface area contributed by atoms with Gasteiger partial charge in [0.1, 0.15) is 13.2 Å². The topological polar surface area (TPSA) is 47.6 Å². The highest BCUT2D eigenvalue weighted by atomic mass is 16.6. The minimum Gasteiger partial charge on any atom is -0.486 e. The van der Waals surface area contributed by atoms with Gasteiger partial charge in [0.05, 0.1) is 6.04 Å². The van der Waals surface area contributed by atoms with Crippen LogP contribution < -0.4 is 14.8 Å². The van der Waals surface area contributed by atoms with Gasteiger partial charge in [-0.1, -0.05) is 12.1 Å². The highest BCUT2D eigenvalue weighted by Crippen LogP contribution is 2.32. The van der Waals surface area contributed by atoms with E-state index < -0.39 is 0 Å². The van der Waals surface area contributed by atoms with Crippen LogP contribution in [0.1, 0.15) is 44.2 Å². The number of carbonyl (C=O) groups excluding carboxylic acids is 1. The van der Waals surface area contributed by atoms with Gasteiger partial charge in [-0.2, -0.15) is 0 Å². The molecular formula is C17H21NO3. The third kappa shape index (κ3) is 3.20. The zero-order chi connectivity index (χ0) is 14.7. The van der Waals surface area contributed by atoms with Crippen LogP contribution in [0.25, 0.3) is 0 Å². The van der Waals surface area contributed by atoms with Gasteiger partial charge >= 0.3 is 0 Å². The molecule has 1 unspecified atom stereocenters. The third-order valence-corrected chi connectivity index (χ3v) is 4.00. The maximum Gasteiger partial charge on any atom is 0.247 e. The first-order chi connectivity index (χ1) is 10.2. The fourth-order valence-electron chi connectivity index (χ4n) is 2.75. The Morgan fingerprint density at radius 3 is 2.76 bits per heavy atom. The van der Waals surface area contributed by atoms with Gasteiger partial charge in [0.2, 0.25) is 5.91 Å². The second kappa shape index (κ2) is 6.20. The Labute approximate surface area is 125 Å². The Balaban J connectivity index is 1.68. The van der Waals surface area contributed by atoms with Crippen molar-refractivity contribution in [3.8, 4) is 11.5 Å². The number of hydrogen-bond donors (Lipinski definition) is 1. The lowest BCUT2D eigenvalue weighted by Crippen LogP contribution is -2.28. The first kappa shape index (κ1) is 14.0. The van der Waals surface area contributed by atoms with E-state index in [1.165, 1.54) is 6.42 Å². The average Bonchev–Trinajstić information content (AvgIpc) is 2.55. The van der Waals surface area contributed by atoms with Crippen molar-refractivity contribution in [3.63, 3.8) is 0 Å². The number of carbonyl (C=O) groups is 1. The van der Waals surface area contributed by atoms with E-state index in [9.17, 15) is 4.79 Å². The van der Waals surface area contributed by atoms with Crippen molar-refractivity contribution in [2.45, 2.75) is 38.6 Å². The number of nitrogens with one attached hydrogen (secondary N) is 1. The Hall–Kier alpha value is -1.97. The van der Waals surface area contributed by atoms with Gasteiger partial charge in [0.15, 0.2) is 11.5 Å². The number of rotatable bonds is 3. The first-order valence-electron chi connectivity index (χ1n) is 7.63. The molecule has 1 heterocycles. The highest BCUT2D eigenvalue weighted by molar-refractivity contribution is 5.93. The van der Waals surface area contributed by atoms with E-state index in [4.69, 9.17) is 9.47 Å². The highest BCUT2D eigenvalue weighted by Gasteiger charge is 2.18. The second-order valence-corrected chi connectivity index (χ2v) is 5.57. The Morgan fingerprint density at radius 1 is 1.19 bits per heavy atom. The standard InChI is InChI=1S/C17H21NO3/c1-12(18-17(19)13-5-3-2-4-6-13)14-7-8-15-16(11-14)21-10-9-20-15/h5,7-8,11-12H,2-4,6,9-10H2,1H3,(H,18,19). The molecule has 0 spiro atoms. The van der Waals surface area contributed by atoms with Gasteiger partial charge in [-0.25, -0.2) is 0 Å². The SMILES string of the molecule is CC(NC(=O)C1=CCCCC1)c1ccc2c(c1)OCCO2. The van der Waals surface area contributed by atoms with E-state index in [2.05, 4.69) is 11.4 Å². The lowest BCUT2D eigenvalue weighted by atomic mass is 9.98.